The molecular weight excluding hydrogens is 338 g/mol. The number of hydrogen-bond donors (Lipinski definition) is 1. The van der Waals surface area contributed by atoms with Gasteiger partial charge in [-0.1, -0.05) is 11.3 Å². The van der Waals surface area contributed by atoms with Crippen molar-refractivity contribution in [3.8, 4) is 0 Å². The molecule has 8 nitrogen and oxygen atoms in total. The molecule has 1 atom stereocenters. The van der Waals surface area contributed by atoms with Gasteiger partial charge in [0.2, 0.25) is 5.13 Å². The lowest BCUT2D eigenvalue weighted by molar-refractivity contribution is 0.102. The van der Waals surface area contributed by atoms with E-state index in [0.29, 0.717) is 10.7 Å². The highest BCUT2D eigenvalue weighted by Gasteiger charge is 2.29. The van der Waals surface area contributed by atoms with Crippen molar-refractivity contribution in [2.75, 3.05) is 16.8 Å². The van der Waals surface area contributed by atoms with Crippen molar-refractivity contribution in [3.05, 3.63) is 47.4 Å². The van der Waals surface area contributed by atoms with Gasteiger partial charge < -0.3 is 4.90 Å². The fourth-order valence-electron chi connectivity index (χ4n) is 3.15. The predicted molar refractivity (Wildman–Crippen MR) is 94.6 cm³/mol. The number of nitrogens with zero attached hydrogens (tertiary/aromatic N) is 6. The molecule has 0 radical (unpaired) electrons. The molecule has 1 unspecified atom stereocenters. The second kappa shape index (κ2) is 6.60. The summed E-state index contributed by atoms with van der Waals surface area (Å²) in [6.07, 6.45) is 5.60. The molecule has 4 heterocycles. The van der Waals surface area contributed by atoms with Crippen LogP contribution in [0, 0.1) is 0 Å². The van der Waals surface area contributed by atoms with Crippen LogP contribution in [0.25, 0.3) is 0 Å². The summed E-state index contributed by atoms with van der Waals surface area (Å²) in [5.74, 6) is 0.636. The minimum Gasteiger partial charge on any atom is -0.348 e. The Morgan fingerprint density at radius 3 is 2.96 bits per heavy atom. The van der Waals surface area contributed by atoms with Crippen LogP contribution in [0.1, 0.15) is 34.9 Å². The molecular formula is C16H17N7OS. The summed E-state index contributed by atoms with van der Waals surface area (Å²) >= 11 is 1.28. The van der Waals surface area contributed by atoms with Crippen molar-refractivity contribution >= 4 is 28.2 Å². The first-order valence-electron chi connectivity index (χ1n) is 8.00. The van der Waals surface area contributed by atoms with Crippen molar-refractivity contribution in [2.45, 2.75) is 18.9 Å². The quantitative estimate of drug-likeness (QED) is 0.772. The van der Waals surface area contributed by atoms with Crippen LogP contribution in [0.15, 0.2) is 36.1 Å². The van der Waals surface area contributed by atoms with Gasteiger partial charge in [-0.3, -0.25) is 14.8 Å². The predicted octanol–water partition coefficient (Wildman–Crippen LogP) is 2.26. The van der Waals surface area contributed by atoms with Crippen molar-refractivity contribution in [1.29, 1.82) is 0 Å². The maximum absolute atomic E-state index is 12.2. The minimum atomic E-state index is -0.236. The van der Waals surface area contributed by atoms with E-state index in [1.807, 2.05) is 30.1 Å². The van der Waals surface area contributed by atoms with Gasteiger partial charge in [-0.05, 0) is 31.0 Å². The number of aryl methyl sites for hydroxylation is 1. The molecule has 1 amide bonds. The Labute approximate surface area is 148 Å². The van der Waals surface area contributed by atoms with Gasteiger partial charge in [0, 0.05) is 26.0 Å². The van der Waals surface area contributed by atoms with Crippen LogP contribution in [0.5, 0.6) is 0 Å². The van der Waals surface area contributed by atoms with Crippen LogP contribution in [-0.2, 0) is 7.05 Å². The SMILES string of the molecule is Cn1nccc1C1CCCN1c1ccc(C(=O)Nc2nncs2)cn1. The molecule has 1 fully saturated rings. The summed E-state index contributed by atoms with van der Waals surface area (Å²) in [7, 11) is 1.96. The number of pyridine rings is 1. The van der Waals surface area contributed by atoms with Gasteiger partial charge in [-0.25, -0.2) is 4.98 Å². The molecule has 25 heavy (non-hydrogen) atoms. The summed E-state index contributed by atoms with van der Waals surface area (Å²) < 4.78 is 1.91. The molecule has 3 aromatic heterocycles. The number of amides is 1. The second-order valence-corrected chi connectivity index (χ2v) is 6.67. The number of aromatic nitrogens is 5. The summed E-state index contributed by atoms with van der Waals surface area (Å²) in [5.41, 5.74) is 3.25. The summed E-state index contributed by atoms with van der Waals surface area (Å²) in [4.78, 5) is 19.0. The highest BCUT2D eigenvalue weighted by molar-refractivity contribution is 7.13. The molecule has 1 aliphatic rings. The van der Waals surface area contributed by atoms with E-state index in [1.165, 1.54) is 17.0 Å². The third-order valence-electron chi connectivity index (χ3n) is 4.34. The average molecular weight is 355 g/mol. The van der Waals surface area contributed by atoms with Crippen LogP contribution in [0.3, 0.4) is 0 Å². The van der Waals surface area contributed by atoms with Crippen molar-refractivity contribution in [1.82, 2.24) is 25.0 Å². The van der Waals surface area contributed by atoms with E-state index in [0.717, 1.165) is 25.2 Å². The lowest BCUT2D eigenvalue weighted by Crippen LogP contribution is -2.25. The fourth-order valence-corrected chi connectivity index (χ4v) is 3.59. The van der Waals surface area contributed by atoms with Gasteiger partial charge in [0.1, 0.15) is 11.3 Å². The van der Waals surface area contributed by atoms with Crippen LogP contribution >= 0.6 is 11.3 Å². The molecule has 1 N–H and O–H groups in total. The van der Waals surface area contributed by atoms with E-state index in [-0.39, 0.29) is 11.9 Å². The molecule has 0 spiro atoms. The van der Waals surface area contributed by atoms with E-state index >= 15 is 0 Å². The maximum Gasteiger partial charge on any atom is 0.259 e. The largest absolute Gasteiger partial charge is 0.348 e. The Bertz CT molecular complexity index is 859. The molecule has 0 saturated carbocycles. The Morgan fingerprint density at radius 2 is 2.28 bits per heavy atom. The van der Waals surface area contributed by atoms with E-state index < -0.39 is 0 Å². The molecule has 1 aliphatic heterocycles. The Kier molecular flexibility index (Phi) is 4.14. The molecule has 0 aliphatic carbocycles. The van der Waals surface area contributed by atoms with Gasteiger partial charge in [-0.2, -0.15) is 5.10 Å². The monoisotopic (exact) mass is 355 g/mol. The molecule has 1 saturated heterocycles. The molecule has 128 valence electrons. The second-order valence-electron chi connectivity index (χ2n) is 5.83. The highest BCUT2D eigenvalue weighted by atomic mass is 32.1. The zero-order valence-electron chi connectivity index (χ0n) is 13.7. The van der Waals surface area contributed by atoms with Crippen LogP contribution in [0.2, 0.25) is 0 Å². The third-order valence-corrected chi connectivity index (χ3v) is 4.94. The van der Waals surface area contributed by atoms with Gasteiger partial charge >= 0.3 is 0 Å². The number of rotatable bonds is 4. The van der Waals surface area contributed by atoms with Gasteiger partial charge in [0.15, 0.2) is 0 Å². The Morgan fingerprint density at radius 1 is 1.36 bits per heavy atom. The number of carbonyl (C=O) groups is 1. The average Bonchev–Trinajstić information content (AvgIpc) is 3.36. The fraction of sp³-hybridized carbons (Fsp3) is 0.312. The minimum absolute atomic E-state index is 0.236. The summed E-state index contributed by atoms with van der Waals surface area (Å²) in [5, 5.41) is 15.0. The molecule has 3 aromatic rings. The topological polar surface area (TPSA) is 88.8 Å². The lowest BCUT2D eigenvalue weighted by atomic mass is 10.1. The molecule has 4 rings (SSSR count). The summed E-state index contributed by atoms with van der Waals surface area (Å²) in [6.45, 7) is 0.944. The molecule has 0 bridgehead atoms. The smallest absolute Gasteiger partial charge is 0.259 e. The van der Waals surface area contributed by atoms with E-state index in [4.69, 9.17) is 0 Å². The van der Waals surface area contributed by atoms with Crippen molar-refractivity contribution in [2.24, 2.45) is 7.05 Å². The zero-order valence-corrected chi connectivity index (χ0v) is 14.5. The van der Waals surface area contributed by atoms with Crippen LogP contribution in [0.4, 0.5) is 10.9 Å². The Balaban J connectivity index is 1.51. The number of anilines is 2. The number of hydrogen-bond acceptors (Lipinski definition) is 7. The van der Waals surface area contributed by atoms with Crippen LogP contribution in [-0.4, -0.2) is 37.4 Å². The van der Waals surface area contributed by atoms with Gasteiger partial charge in [0.05, 0.1) is 17.3 Å². The maximum atomic E-state index is 12.2. The molecule has 0 aromatic carbocycles. The normalized spacial score (nSPS) is 17.0. The standard InChI is InChI=1S/C16H17N7OS/c1-22-12(6-7-19-22)13-3-2-8-23(13)14-5-4-11(9-17-14)15(24)20-16-21-18-10-25-16/h4-7,9-10,13H,2-3,8H2,1H3,(H,20,21,24). The highest BCUT2D eigenvalue weighted by Crippen LogP contribution is 2.34. The zero-order chi connectivity index (χ0) is 17.2. The van der Waals surface area contributed by atoms with Gasteiger partial charge in [-0.15, -0.1) is 10.2 Å². The third kappa shape index (κ3) is 3.10. The Hall–Kier alpha value is -2.81. The van der Waals surface area contributed by atoms with E-state index in [2.05, 4.69) is 30.5 Å². The van der Waals surface area contributed by atoms with Gasteiger partial charge in [0.25, 0.3) is 5.91 Å². The molecule has 9 heteroatoms. The first-order chi connectivity index (χ1) is 12.2. The van der Waals surface area contributed by atoms with Crippen LogP contribution < -0.4 is 10.2 Å². The first kappa shape index (κ1) is 15.7. The lowest BCUT2D eigenvalue weighted by Gasteiger charge is -2.25. The number of nitrogens with one attached hydrogen (secondary N) is 1. The number of carbonyl (C=O) groups excluding carboxylic acids is 1. The first-order valence-corrected chi connectivity index (χ1v) is 8.88. The van der Waals surface area contributed by atoms with Crippen molar-refractivity contribution in [3.63, 3.8) is 0 Å². The van der Waals surface area contributed by atoms with Crippen molar-refractivity contribution < 1.29 is 4.79 Å². The van der Waals surface area contributed by atoms with E-state index in [9.17, 15) is 4.79 Å². The summed E-state index contributed by atoms with van der Waals surface area (Å²) in [6, 6.07) is 5.99. The van der Waals surface area contributed by atoms with E-state index in [1.54, 1.807) is 17.8 Å².